The van der Waals surface area contributed by atoms with Crippen molar-refractivity contribution in [3.05, 3.63) is 102 Å². The van der Waals surface area contributed by atoms with Crippen LogP contribution in [0.25, 0.3) is 22.5 Å². The largest absolute Gasteiger partial charge is 0.268 e. The van der Waals surface area contributed by atoms with E-state index in [1.165, 1.54) is 3.97 Å². The number of nitrogens with zero attached hydrogens (tertiary/aromatic N) is 1. The third kappa shape index (κ3) is 3.37. The summed E-state index contributed by atoms with van der Waals surface area (Å²) in [5.41, 5.74) is 3.83. The maximum Gasteiger partial charge on any atom is 0.268 e. The average Bonchev–Trinajstić information content (AvgIpc) is 3.16. The Morgan fingerprint density at radius 3 is 1.79 bits per heavy atom. The van der Waals surface area contributed by atoms with Gasteiger partial charge in [0.2, 0.25) is 0 Å². The molecule has 0 aliphatic carbocycles. The van der Waals surface area contributed by atoms with Crippen LogP contribution in [0, 0.1) is 6.92 Å². The van der Waals surface area contributed by atoms with Gasteiger partial charge >= 0.3 is 0 Å². The van der Waals surface area contributed by atoms with E-state index >= 15 is 0 Å². The summed E-state index contributed by atoms with van der Waals surface area (Å²) in [5, 5.41) is 0.603. The number of hydrogen-bond acceptors (Lipinski definition) is 2. The van der Waals surface area contributed by atoms with Crippen LogP contribution in [0.1, 0.15) is 5.56 Å². The van der Waals surface area contributed by atoms with E-state index < -0.39 is 10.0 Å². The van der Waals surface area contributed by atoms with Gasteiger partial charge in [0.05, 0.1) is 16.3 Å². The third-order valence-electron chi connectivity index (χ3n) is 4.61. The van der Waals surface area contributed by atoms with Crippen LogP contribution in [0.5, 0.6) is 0 Å². The van der Waals surface area contributed by atoms with Crippen LogP contribution in [-0.4, -0.2) is 12.4 Å². The van der Waals surface area contributed by atoms with Crippen molar-refractivity contribution in [3.8, 4) is 22.5 Å². The van der Waals surface area contributed by atoms with Gasteiger partial charge in [-0.25, -0.2) is 12.4 Å². The molecule has 5 heteroatoms. The molecule has 0 bridgehead atoms. The lowest BCUT2D eigenvalue weighted by Crippen LogP contribution is -2.15. The van der Waals surface area contributed by atoms with Gasteiger partial charge < -0.3 is 0 Å². The smallest absolute Gasteiger partial charge is 0.233 e. The molecule has 0 spiro atoms. The van der Waals surface area contributed by atoms with E-state index in [0.717, 1.165) is 16.7 Å². The third-order valence-corrected chi connectivity index (χ3v) is 6.60. The summed E-state index contributed by atoms with van der Waals surface area (Å²) in [6, 6.07) is 27.3. The van der Waals surface area contributed by atoms with E-state index in [2.05, 4.69) is 0 Å². The first-order chi connectivity index (χ1) is 13.5. The minimum Gasteiger partial charge on any atom is -0.233 e. The van der Waals surface area contributed by atoms with Crippen LogP contribution in [-0.2, 0) is 10.0 Å². The highest BCUT2D eigenvalue weighted by atomic mass is 35.5. The van der Waals surface area contributed by atoms with Gasteiger partial charge in [-0.15, -0.1) is 0 Å². The lowest BCUT2D eigenvalue weighted by molar-refractivity contribution is 0.588. The molecule has 3 aromatic carbocycles. The molecule has 0 unspecified atom stereocenters. The fourth-order valence-corrected chi connectivity index (χ4v) is 4.82. The molecule has 4 rings (SSSR count). The molecule has 140 valence electrons. The quantitative estimate of drug-likeness (QED) is 0.415. The summed E-state index contributed by atoms with van der Waals surface area (Å²) in [6.45, 7) is 1.93. The average molecular weight is 408 g/mol. The molecule has 0 saturated heterocycles. The van der Waals surface area contributed by atoms with Gasteiger partial charge in [-0.2, -0.15) is 0 Å². The zero-order valence-electron chi connectivity index (χ0n) is 15.2. The normalized spacial score (nSPS) is 11.5. The number of rotatable bonds is 4. The van der Waals surface area contributed by atoms with E-state index in [1.807, 2.05) is 61.5 Å². The first kappa shape index (κ1) is 18.5. The van der Waals surface area contributed by atoms with E-state index in [0.29, 0.717) is 16.4 Å². The fourth-order valence-electron chi connectivity index (χ4n) is 3.15. The van der Waals surface area contributed by atoms with Gasteiger partial charge in [-0.3, -0.25) is 0 Å². The first-order valence-electron chi connectivity index (χ1n) is 8.82. The molecule has 4 aromatic rings. The number of halogens is 1. The molecule has 28 heavy (non-hydrogen) atoms. The summed E-state index contributed by atoms with van der Waals surface area (Å²) in [4.78, 5) is 0.252. The van der Waals surface area contributed by atoms with Crippen LogP contribution in [0.3, 0.4) is 0 Å². The van der Waals surface area contributed by atoms with Gasteiger partial charge in [0.15, 0.2) is 0 Å². The minimum atomic E-state index is -3.80. The minimum absolute atomic E-state index is 0.252. The standard InChI is InChI=1S/C23H18ClNO2S/c1-17-7-13-21(14-8-17)28(26,27)25-22(18-5-3-2-4-6-18)15-16-23(25)19-9-11-20(24)12-10-19/h2-16H,1H3. The van der Waals surface area contributed by atoms with Crippen LogP contribution < -0.4 is 0 Å². The molecule has 0 aliphatic heterocycles. The lowest BCUT2D eigenvalue weighted by atomic mass is 10.2. The van der Waals surface area contributed by atoms with Gasteiger partial charge in [-0.1, -0.05) is 71.8 Å². The van der Waals surface area contributed by atoms with Crippen LogP contribution in [0.15, 0.2) is 95.9 Å². The Kier molecular flexibility index (Phi) is 4.84. The highest BCUT2D eigenvalue weighted by molar-refractivity contribution is 7.90. The summed E-state index contributed by atoms with van der Waals surface area (Å²) in [7, 11) is -3.80. The molecule has 0 radical (unpaired) electrons. The van der Waals surface area contributed by atoms with Crippen molar-refractivity contribution in [2.45, 2.75) is 11.8 Å². The Hall–Kier alpha value is -2.82. The second-order valence-corrected chi connectivity index (χ2v) is 8.78. The summed E-state index contributed by atoms with van der Waals surface area (Å²) < 4.78 is 28.6. The van der Waals surface area contributed by atoms with Crippen LogP contribution in [0.2, 0.25) is 5.02 Å². The highest BCUT2D eigenvalue weighted by Crippen LogP contribution is 2.33. The maximum absolute atomic E-state index is 13.6. The molecule has 1 aromatic heterocycles. The van der Waals surface area contributed by atoms with Crippen molar-refractivity contribution in [3.63, 3.8) is 0 Å². The molecule has 0 aliphatic rings. The first-order valence-corrected chi connectivity index (χ1v) is 10.6. The Labute approximate surface area is 169 Å². The monoisotopic (exact) mass is 407 g/mol. The molecule has 0 saturated carbocycles. The number of benzene rings is 3. The number of aryl methyl sites for hydroxylation is 1. The predicted molar refractivity (Wildman–Crippen MR) is 114 cm³/mol. The van der Waals surface area contributed by atoms with Crippen molar-refractivity contribution in [1.29, 1.82) is 0 Å². The van der Waals surface area contributed by atoms with Crippen molar-refractivity contribution >= 4 is 21.6 Å². The highest BCUT2D eigenvalue weighted by Gasteiger charge is 2.24. The van der Waals surface area contributed by atoms with E-state index in [1.54, 1.807) is 36.4 Å². The molecular weight excluding hydrogens is 390 g/mol. The Morgan fingerprint density at radius 1 is 0.679 bits per heavy atom. The molecule has 0 fully saturated rings. The summed E-state index contributed by atoms with van der Waals surface area (Å²) >= 11 is 6.02. The zero-order valence-corrected chi connectivity index (χ0v) is 16.8. The second-order valence-electron chi connectivity index (χ2n) is 6.56. The van der Waals surface area contributed by atoms with Crippen molar-refractivity contribution in [2.75, 3.05) is 0 Å². The molecule has 0 atom stereocenters. The van der Waals surface area contributed by atoms with E-state index in [-0.39, 0.29) is 4.90 Å². The molecule has 0 N–H and O–H groups in total. The van der Waals surface area contributed by atoms with Gasteiger partial charge in [0.1, 0.15) is 0 Å². The van der Waals surface area contributed by atoms with Gasteiger partial charge in [-0.05, 0) is 54.4 Å². The molecular formula is C23H18ClNO2S. The Balaban J connectivity index is 1.98. The molecule has 1 heterocycles. The Morgan fingerprint density at radius 2 is 1.21 bits per heavy atom. The zero-order chi connectivity index (χ0) is 19.7. The van der Waals surface area contributed by atoms with Crippen molar-refractivity contribution < 1.29 is 8.42 Å². The van der Waals surface area contributed by atoms with Crippen LogP contribution >= 0.6 is 11.6 Å². The second kappa shape index (κ2) is 7.30. The topological polar surface area (TPSA) is 39.1 Å². The van der Waals surface area contributed by atoms with Gasteiger partial charge in [0, 0.05) is 5.02 Å². The lowest BCUT2D eigenvalue weighted by Gasteiger charge is -2.15. The molecule has 0 amide bonds. The summed E-state index contributed by atoms with van der Waals surface area (Å²) in [5.74, 6) is 0. The van der Waals surface area contributed by atoms with Crippen molar-refractivity contribution in [2.24, 2.45) is 0 Å². The fraction of sp³-hybridized carbons (Fsp3) is 0.0435. The number of hydrogen-bond donors (Lipinski definition) is 0. The summed E-state index contributed by atoms with van der Waals surface area (Å²) in [6.07, 6.45) is 0. The Bertz CT molecular complexity index is 1210. The van der Waals surface area contributed by atoms with Crippen molar-refractivity contribution in [1.82, 2.24) is 3.97 Å². The van der Waals surface area contributed by atoms with Gasteiger partial charge in [0.25, 0.3) is 10.0 Å². The maximum atomic E-state index is 13.6. The molecule has 3 nitrogen and oxygen atoms in total. The van der Waals surface area contributed by atoms with E-state index in [4.69, 9.17) is 11.6 Å². The SMILES string of the molecule is Cc1ccc(S(=O)(=O)n2c(-c3ccccc3)ccc2-c2ccc(Cl)cc2)cc1. The van der Waals surface area contributed by atoms with E-state index in [9.17, 15) is 8.42 Å². The number of aromatic nitrogens is 1. The predicted octanol–water partition coefficient (Wildman–Crippen LogP) is 6.02. The van der Waals surface area contributed by atoms with Crippen LogP contribution in [0.4, 0.5) is 0 Å².